The minimum Gasteiger partial charge on any atom is -0.352 e. The molecule has 0 bridgehead atoms. The fourth-order valence-electron chi connectivity index (χ4n) is 1.07. The molecule has 0 heterocycles. The molecule has 4 nitrogen and oxygen atoms in total. The number of carbonyl (C=O) groups excluding carboxylic acids is 2. The Bertz CT molecular complexity index is 293. The molecule has 0 fully saturated rings. The number of allylic oxidation sites excluding steroid dienone is 2. The molecule has 0 saturated carbocycles. The second-order valence-electron chi connectivity index (χ2n) is 3.85. The maximum absolute atomic E-state index is 11.5. The van der Waals surface area contributed by atoms with Crippen LogP contribution in [0.5, 0.6) is 0 Å². The molecule has 0 atom stereocenters. The molecule has 0 aromatic rings. The monoisotopic (exact) mass is 224 g/mol. The largest absolute Gasteiger partial charge is 0.352 e. The van der Waals surface area contributed by atoms with Crippen molar-refractivity contribution in [3.05, 3.63) is 24.3 Å². The van der Waals surface area contributed by atoms with Crippen molar-refractivity contribution in [3.8, 4) is 0 Å². The van der Waals surface area contributed by atoms with E-state index in [-0.39, 0.29) is 11.7 Å². The van der Waals surface area contributed by atoms with Gasteiger partial charge >= 0.3 is 0 Å². The fourth-order valence-corrected chi connectivity index (χ4v) is 1.07. The molecule has 0 saturated heterocycles. The molecule has 0 aliphatic carbocycles. The van der Waals surface area contributed by atoms with E-state index in [2.05, 4.69) is 16.8 Å². The van der Waals surface area contributed by atoms with Crippen molar-refractivity contribution in [2.75, 3.05) is 27.2 Å². The van der Waals surface area contributed by atoms with Gasteiger partial charge in [-0.3, -0.25) is 9.59 Å². The highest BCUT2D eigenvalue weighted by atomic mass is 16.2. The molecule has 1 amide bonds. The SMILES string of the molecule is C=CC(=O)C=C(C)C(=O)NCCCN(C)C. The maximum Gasteiger partial charge on any atom is 0.247 e. The third-order valence-electron chi connectivity index (χ3n) is 1.99. The minimum atomic E-state index is -0.249. The predicted octanol–water partition coefficient (Wildman–Crippen LogP) is 0.756. The van der Waals surface area contributed by atoms with E-state index in [9.17, 15) is 9.59 Å². The van der Waals surface area contributed by atoms with Crippen molar-refractivity contribution in [1.82, 2.24) is 10.2 Å². The number of ketones is 1. The standard InChI is InChI=1S/C12H20N2O2/c1-5-11(15)9-10(2)12(16)13-7-6-8-14(3)4/h5,9H,1,6-8H2,2-4H3,(H,13,16). The Morgan fingerprint density at radius 2 is 2.00 bits per heavy atom. The highest BCUT2D eigenvalue weighted by molar-refractivity contribution is 6.05. The first-order valence-corrected chi connectivity index (χ1v) is 5.25. The maximum atomic E-state index is 11.5. The van der Waals surface area contributed by atoms with Crippen LogP contribution in [0.2, 0.25) is 0 Å². The molecule has 4 heteroatoms. The zero-order valence-corrected chi connectivity index (χ0v) is 10.2. The number of rotatable bonds is 7. The Morgan fingerprint density at radius 1 is 1.38 bits per heavy atom. The van der Waals surface area contributed by atoms with Gasteiger partial charge in [-0.15, -0.1) is 0 Å². The summed E-state index contributed by atoms with van der Waals surface area (Å²) in [6.07, 6.45) is 3.36. The summed E-state index contributed by atoms with van der Waals surface area (Å²) in [5.41, 5.74) is 0.412. The van der Waals surface area contributed by atoms with Crippen LogP contribution in [0.4, 0.5) is 0 Å². The van der Waals surface area contributed by atoms with Crippen LogP contribution >= 0.6 is 0 Å². The van der Waals surface area contributed by atoms with Gasteiger partial charge in [-0.05, 0) is 46.1 Å². The minimum absolute atomic E-state index is 0.200. The summed E-state index contributed by atoms with van der Waals surface area (Å²) < 4.78 is 0. The van der Waals surface area contributed by atoms with Crippen LogP contribution in [0.15, 0.2) is 24.3 Å². The molecule has 1 N–H and O–H groups in total. The van der Waals surface area contributed by atoms with E-state index < -0.39 is 0 Å². The summed E-state index contributed by atoms with van der Waals surface area (Å²) >= 11 is 0. The van der Waals surface area contributed by atoms with Crippen LogP contribution in [0, 0.1) is 0 Å². The Balaban J connectivity index is 3.93. The molecule has 0 aromatic heterocycles. The van der Waals surface area contributed by atoms with Gasteiger partial charge in [0.15, 0.2) is 5.78 Å². The van der Waals surface area contributed by atoms with Crippen LogP contribution in [-0.4, -0.2) is 43.8 Å². The zero-order valence-electron chi connectivity index (χ0n) is 10.2. The predicted molar refractivity (Wildman–Crippen MR) is 65.1 cm³/mol. The third-order valence-corrected chi connectivity index (χ3v) is 1.99. The average molecular weight is 224 g/mol. The van der Waals surface area contributed by atoms with Crippen LogP contribution < -0.4 is 5.32 Å². The molecule has 0 unspecified atom stereocenters. The van der Waals surface area contributed by atoms with E-state index in [1.165, 1.54) is 12.2 Å². The molecule has 0 rings (SSSR count). The highest BCUT2D eigenvalue weighted by Crippen LogP contribution is 1.94. The van der Waals surface area contributed by atoms with Gasteiger partial charge in [0.25, 0.3) is 0 Å². The summed E-state index contributed by atoms with van der Waals surface area (Å²) in [4.78, 5) is 24.5. The van der Waals surface area contributed by atoms with E-state index >= 15 is 0 Å². The molecule has 0 aromatic carbocycles. The molecule has 0 spiro atoms. The lowest BCUT2D eigenvalue weighted by Crippen LogP contribution is -2.27. The number of amides is 1. The average Bonchev–Trinajstić information content (AvgIpc) is 2.23. The number of carbonyl (C=O) groups is 2. The quantitative estimate of drug-likeness (QED) is 0.513. The van der Waals surface area contributed by atoms with Gasteiger partial charge in [-0.2, -0.15) is 0 Å². The van der Waals surface area contributed by atoms with Crippen molar-refractivity contribution < 1.29 is 9.59 Å². The lowest BCUT2D eigenvalue weighted by Gasteiger charge is -2.09. The number of nitrogens with zero attached hydrogens (tertiary/aromatic N) is 1. The van der Waals surface area contributed by atoms with Gasteiger partial charge in [-0.25, -0.2) is 0 Å². The normalized spacial score (nSPS) is 11.4. The Hall–Kier alpha value is -1.42. The lowest BCUT2D eigenvalue weighted by molar-refractivity contribution is -0.118. The summed E-state index contributed by atoms with van der Waals surface area (Å²) in [5.74, 6) is -0.449. The van der Waals surface area contributed by atoms with Crippen molar-refractivity contribution >= 4 is 11.7 Å². The summed E-state index contributed by atoms with van der Waals surface area (Å²) in [5, 5.41) is 2.75. The molecule has 16 heavy (non-hydrogen) atoms. The highest BCUT2D eigenvalue weighted by Gasteiger charge is 2.04. The third kappa shape index (κ3) is 6.95. The van der Waals surface area contributed by atoms with E-state index in [1.54, 1.807) is 6.92 Å². The number of hydrogen-bond donors (Lipinski definition) is 1. The van der Waals surface area contributed by atoms with Gasteiger partial charge in [0.05, 0.1) is 0 Å². The van der Waals surface area contributed by atoms with Crippen molar-refractivity contribution in [3.63, 3.8) is 0 Å². The van der Waals surface area contributed by atoms with Crippen LogP contribution in [-0.2, 0) is 9.59 Å². The molecular weight excluding hydrogens is 204 g/mol. The van der Waals surface area contributed by atoms with Crippen LogP contribution in [0.3, 0.4) is 0 Å². The molecule has 0 radical (unpaired) electrons. The number of nitrogens with one attached hydrogen (secondary N) is 1. The second-order valence-corrected chi connectivity index (χ2v) is 3.85. The van der Waals surface area contributed by atoms with E-state index in [4.69, 9.17) is 0 Å². The van der Waals surface area contributed by atoms with Crippen molar-refractivity contribution in [2.45, 2.75) is 13.3 Å². The summed E-state index contributed by atoms with van der Waals surface area (Å²) in [6.45, 7) is 6.49. The Morgan fingerprint density at radius 3 is 2.50 bits per heavy atom. The van der Waals surface area contributed by atoms with Crippen LogP contribution in [0.25, 0.3) is 0 Å². The van der Waals surface area contributed by atoms with Gasteiger partial charge < -0.3 is 10.2 Å². The second kappa shape index (κ2) is 7.82. The van der Waals surface area contributed by atoms with Gasteiger partial charge in [0.1, 0.15) is 0 Å². The first-order chi connectivity index (χ1) is 7.47. The Labute approximate surface area is 97.0 Å². The first-order valence-electron chi connectivity index (χ1n) is 5.25. The van der Waals surface area contributed by atoms with Crippen molar-refractivity contribution in [1.29, 1.82) is 0 Å². The topological polar surface area (TPSA) is 49.4 Å². The Kier molecular flexibility index (Phi) is 7.12. The lowest BCUT2D eigenvalue weighted by atomic mass is 10.2. The van der Waals surface area contributed by atoms with Crippen LogP contribution in [0.1, 0.15) is 13.3 Å². The zero-order chi connectivity index (χ0) is 12.6. The molecular formula is C12H20N2O2. The van der Waals surface area contributed by atoms with E-state index in [0.717, 1.165) is 13.0 Å². The molecule has 90 valence electrons. The fraction of sp³-hybridized carbons (Fsp3) is 0.500. The smallest absolute Gasteiger partial charge is 0.247 e. The molecule has 0 aliphatic heterocycles. The van der Waals surface area contributed by atoms with Gasteiger partial charge in [0, 0.05) is 12.1 Å². The van der Waals surface area contributed by atoms with Gasteiger partial charge in [-0.1, -0.05) is 6.58 Å². The number of hydrogen-bond acceptors (Lipinski definition) is 3. The first kappa shape index (κ1) is 14.6. The van der Waals surface area contributed by atoms with Crippen molar-refractivity contribution in [2.24, 2.45) is 0 Å². The molecule has 0 aliphatic rings. The van der Waals surface area contributed by atoms with E-state index in [0.29, 0.717) is 12.1 Å². The van der Waals surface area contributed by atoms with Gasteiger partial charge in [0.2, 0.25) is 5.91 Å². The summed E-state index contributed by atoms with van der Waals surface area (Å²) in [6, 6.07) is 0. The summed E-state index contributed by atoms with van der Waals surface area (Å²) in [7, 11) is 3.96. The van der Waals surface area contributed by atoms with E-state index in [1.807, 2.05) is 14.1 Å².